The van der Waals surface area contributed by atoms with Gasteiger partial charge in [0.05, 0.1) is 11.3 Å². The van der Waals surface area contributed by atoms with Crippen LogP contribution in [0.1, 0.15) is 24.0 Å². The van der Waals surface area contributed by atoms with Crippen LogP contribution in [0.4, 0.5) is 23.0 Å². The van der Waals surface area contributed by atoms with Crippen LogP contribution in [-0.4, -0.2) is 51.5 Å². The van der Waals surface area contributed by atoms with Gasteiger partial charge in [0, 0.05) is 34.5 Å². The number of aliphatic hydroxyl groups is 1. The monoisotopic (exact) mass is 477 g/mol. The molecule has 3 aromatic rings. The first-order valence-corrected chi connectivity index (χ1v) is 11.4. The average Bonchev–Trinajstić information content (AvgIpc) is 3.65. The lowest BCUT2D eigenvalue weighted by atomic mass is 10.0. The number of aliphatic hydroxyl groups excluding tert-OH is 1. The summed E-state index contributed by atoms with van der Waals surface area (Å²) in [6.45, 7) is 0.808. The molecule has 6 N–H and O–H groups in total. The molecule has 1 heterocycles. The number of nitrogens with one attached hydrogen (secondary N) is 3. The zero-order valence-corrected chi connectivity index (χ0v) is 19.6. The van der Waals surface area contributed by atoms with Gasteiger partial charge in [-0.2, -0.15) is 0 Å². The topological polar surface area (TPSA) is 123 Å². The van der Waals surface area contributed by atoms with Crippen molar-refractivity contribution in [3.05, 3.63) is 83.2 Å². The van der Waals surface area contributed by atoms with Crippen molar-refractivity contribution in [2.45, 2.75) is 25.1 Å². The summed E-state index contributed by atoms with van der Waals surface area (Å²) in [4.78, 5) is 10.7. The van der Waals surface area contributed by atoms with E-state index in [4.69, 9.17) is 22.7 Å². The standard InChI is InChI=1S/C25H28ClN7O/c1-33(20-11-12-20)13-3-6-21(34)31-18-4-2-5-19(14-18)32-25-22(24(28)29-15-30-25)23(27)16-7-9-17(26)10-8-16/h2-10,14-15,20-21,27,31,34H,11-13H2,1H3,(H3,28,29,30,32). The number of hydrogen-bond donors (Lipinski definition) is 5. The number of rotatable bonds is 10. The van der Waals surface area contributed by atoms with Gasteiger partial charge in [-0.25, -0.2) is 9.97 Å². The van der Waals surface area contributed by atoms with Crippen molar-refractivity contribution in [3.8, 4) is 0 Å². The maximum atomic E-state index is 10.3. The Balaban J connectivity index is 1.46. The van der Waals surface area contributed by atoms with Gasteiger partial charge in [0.25, 0.3) is 0 Å². The Labute approximate surface area is 204 Å². The molecule has 0 aliphatic heterocycles. The van der Waals surface area contributed by atoms with Gasteiger partial charge in [-0.1, -0.05) is 35.9 Å². The fourth-order valence-corrected chi connectivity index (χ4v) is 3.69. The fraction of sp³-hybridized carbons (Fsp3) is 0.240. The van der Waals surface area contributed by atoms with Crippen LogP contribution in [-0.2, 0) is 0 Å². The third kappa shape index (κ3) is 6.11. The first-order chi connectivity index (χ1) is 16.4. The summed E-state index contributed by atoms with van der Waals surface area (Å²) in [6, 6.07) is 15.1. The Hall–Kier alpha value is -3.46. The number of likely N-dealkylation sites (N-methyl/N-ethyl adjacent to an activating group) is 1. The van der Waals surface area contributed by atoms with E-state index in [0.29, 0.717) is 28.0 Å². The van der Waals surface area contributed by atoms with Crippen molar-refractivity contribution >= 4 is 40.3 Å². The normalized spacial score (nSPS) is 14.4. The van der Waals surface area contributed by atoms with Gasteiger partial charge in [0.2, 0.25) is 0 Å². The summed E-state index contributed by atoms with van der Waals surface area (Å²) in [5.74, 6) is 0.608. The number of aromatic nitrogens is 2. The minimum absolute atomic E-state index is 0.184. The van der Waals surface area contributed by atoms with Crippen molar-refractivity contribution < 1.29 is 5.11 Å². The van der Waals surface area contributed by atoms with Crippen molar-refractivity contribution in [2.75, 3.05) is 30.0 Å². The molecule has 34 heavy (non-hydrogen) atoms. The summed E-state index contributed by atoms with van der Waals surface area (Å²) in [7, 11) is 2.09. The van der Waals surface area contributed by atoms with E-state index in [0.717, 1.165) is 17.9 Å². The van der Waals surface area contributed by atoms with Gasteiger partial charge in [-0.05, 0) is 56.3 Å². The average molecular weight is 478 g/mol. The third-order valence-corrected chi connectivity index (χ3v) is 5.83. The van der Waals surface area contributed by atoms with Gasteiger partial charge in [0.1, 0.15) is 24.2 Å². The predicted molar refractivity (Wildman–Crippen MR) is 138 cm³/mol. The number of hydrogen-bond acceptors (Lipinski definition) is 8. The third-order valence-electron chi connectivity index (χ3n) is 5.58. The van der Waals surface area contributed by atoms with Crippen LogP contribution in [0.2, 0.25) is 5.02 Å². The molecule has 4 rings (SSSR count). The number of nitrogens with two attached hydrogens (primary N) is 1. The predicted octanol–water partition coefficient (Wildman–Crippen LogP) is 4.25. The van der Waals surface area contributed by atoms with Gasteiger partial charge in [-0.3, -0.25) is 10.3 Å². The highest BCUT2D eigenvalue weighted by Gasteiger charge is 2.24. The fourth-order valence-electron chi connectivity index (χ4n) is 3.56. The Morgan fingerprint density at radius 3 is 2.71 bits per heavy atom. The van der Waals surface area contributed by atoms with E-state index in [-0.39, 0.29) is 11.5 Å². The van der Waals surface area contributed by atoms with Gasteiger partial charge in [-0.15, -0.1) is 0 Å². The van der Waals surface area contributed by atoms with E-state index in [1.54, 1.807) is 30.3 Å². The molecule has 0 bridgehead atoms. The number of nitrogens with zero attached hydrogens (tertiary/aromatic N) is 3. The minimum atomic E-state index is -0.814. The molecule has 0 amide bonds. The highest BCUT2D eigenvalue weighted by atomic mass is 35.5. The maximum Gasteiger partial charge on any atom is 0.145 e. The molecule has 1 unspecified atom stereocenters. The van der Waals surface area contributed by atoms with Gasteiger partial charge >= 0.3 is 0 Å². The molecular formula is C25H28ClN7O. The molecule has 0 spiro atoms. The number of anilines is 4. The van der Waals surface area contributed by atoms with Crippen molar-refractivity contribution in [2.24, 2.45) is 0 Å². The van der Waals surface area contributed by atoms with E-state index in [1.807, 2.05) is 30.3 Å². The van der Waals surface area contributed by atoms with E-state index in [9.17, 15) is 5.11 Å². The Morgan fingerprint density at radius 2 is 1.97 bits per heavy atom. The Bertz CT molecular complexity index is 1180. The SMILES string of the molecule is CN(CC=CC(O)Nc1cccc(Nc2ncnc(N)c2C(=N)c2ccc(Cl)cc2)c1)C1CC1. The largest absolute Gasteiger partial charge is 0.383 e. The van der Waals surface area contributed by atoms with Crippen LogP contribution in [0.25, 0.3) is 0 Å². The maximum absolute atomic E-state index is 10.3. The number of nitrogen functional groups attached to an aromatic ring is 1. The first kappa shape index (κ1) is 23.7. The lowest BCUT2D eigenvalue weighted by molar-refractivity contribution is 0.251. The molecule has 9 heteroatoms. The molecule has 1 fully saturated rings. The number of benzene rings is 2. The zero-order chi connectivity index (χ0) is 24.1. The second-order valence-electron chi connectivity index (χ2n) is 8.26. The van der Waals surface area contributed by atoms with Crippen molar-refractivity contribution in [1.29, 1.82) is 5.41 Å². The van der Waals surface area contributed by atoms with Gasteiger partial charge < -0.3 is 21.5 Å². The quantitative estimate of drug-likeness (QED) is 0.168. The summed E-state index contributed by atoms with van der Waals surface area (Å²) in [6.07, 6.45) is 6.76. The molecule has 1 aromatic heterocycles. The molecular weight excluding hydrogens is 450 g/mol. The van der Waals surface area contributed by atoms with E-state index in [2.05, 4.69) is 32.5 Å². The molecule has 8 nitrogen and oxygen atoms in total. The highest BCUT2D eigenvalue weighted by molar-refractivity contribution is 6.30. The molecule has 1 aliphatic carbocycles. The first-order valence-electron chi connectivity index (χ1n) is 11.0. The summed E-state index contributed by atoms with van der Waals surface area (Å²) >= 11 is 5.98. The molecule has 176 valence electrons. The summed E-state index contributed by atoms with van der Waals surface area (Å²) in [5.41, 5.74) is 8.79. The lowest BCUT2D eigenvalue weighted by Crippen LogP contribution is -2.21. The van der Waals surface area contributed by atoms with Crippen LogP contribution >= 0.6 is 11.6 Å². The Morgan fingerprint density at radius 1 is 1.24 bits per heavy atom. The Kier molecular flexibility index (Phi) is 7.42. The molecule has 2 aromatic carbocycles. The highest BCUT2D eigenvalue weighted by Crippen LogP contribution is 2.27. The van der Waals surface area contributed by atoms with E-state index >= 15 is 0 Å². The lowest BCUT2D eigenvalue weighted by Gasteiger charge is -2.16. The van der Waals surface area contributed by atoms with Crippen molar-refractivity contribution in [3.63, 3.8) is 0 Å². The van der Waals surface area contributed by atoms with Crippen LogP contribution in [0.3, 0.4) is 0 Å². The molecule has 1 saturated carbocycles. The van der Waals surface area contributed by atoms with Crippen molar-refractivity contribution in [1.82, 2.24) is 14.9 Å². The minimum Gasteiger partial charge on any atom is -0.383 e. The van der Waals surface area contributed by atoms with Crippen LogP contribution in [0.15, 0.2) is 67.0 Å². The smallest absolute Gasteiger partial charge is 0.145 e. The second-order valence-corrected chi connectivity index (χ2v) is 8.69. The molecule has 1 atom stereocenters. The van der Waals surface area contributed by atoms with Gasteiger partial charge in [0.15, 0.2) is 0 Å². The summed E-state index contributed by atoms with van der Waals surface area (Å²) < 4.78 is 0. The second kappa shape index (κ2) is 10.6. The molecule has 0 saturated heterocycles. The molecule has 1 aliphatic rings. The van der Waals surface area contributed by atoms with Crippen LogP contribution < -0.4 is 16.4 Å². The van der Waals surface area contributed by atoms with Crippen LogP contribution in [0, 0.1) is 5.41 Å². The summed E-state index contributed by atoms with van der Waals surface area (Å²) in [5, 5.41) is 25.9. The van der Waals surface area contributed by atoms with E-state index < -0.39 is 6.23 Å². The van der Waals surface area contributed by atoms with Crippen LogP contribution in [0.5, 0.6) is 0 Å². The molecule has 0 radical (unpaired) electrons. The van der Waals surface area contributed by atoms with E-state index in [1.165, 1.54) is 19.2 Å². The zero-order valence-electron chi connectivity index (χ0n) is 18.9. The number of halogens is 1.